The molecule has 0 atom stereocenters. The standard InChI is InChI=1S/C16H23NO4/c1-4-20-15(18)13-10(2)14(17-11(13)3)16(19)21-12-8-6-5-7-9-12/h12,17H,4-9H2,1-3H3. The molecule has 1 aliphatic carbocycles. The maximum absolute atomic E-state index is 12.3. The highest BCUT2D eigenvalue weighted by Crippen LogP contribution is 2.24. The molecule has 0 bridgehead atoms. The van der Waals surface area contributed by atoms with Crippen molar-refractivity contribution >= 4 is 11.9 Å². The third-order valence-electron chi connectivity index (χ3n) is 3.95. The molecule has 0 spiro atoms. The Labute approximate surface area is 125 Å². The second-order valence-electron chi connectivity index (χ2n) is 5.51. The van der Waals surface area contributed by atoms with Crippen molar-refractivity contribution in [3.05, 3.63) is 22.5 Å². The molecule has 5 heteroatoms. The van der Waals surface area contributed by atoms with Gasteiger partial charge in [0, 0.05) is 5.69 Å². The van der Waals surface area contributed by atoms with Crippen molar-refractivity contribution in [2.24, 2.45) is 0 Å². The van der Waals surface area contributed by atoms with Gasteiger partial charge in [-0.25, -0.2) is 9.59 Å². The average molecular weight is 293 g/mol. The van der Waals surface area contributed by atoms with Crippen LogP contribution in [0, 0.1) is 13.8 Å². The molecule has 1 N–H and O–H groups in total. The number of aromatic amines is 1. The van der Waals surface area contributed by atoms with E-state index >= 15 is 0 Å². The Kier molecular flexibility index (Phi) is 5.04. The number of ether oxygens (including phenoxy) is 2. The molecule has 1 saturated carbocycles. The number of rotatable bonds is 4. The molecule has 1 aromatic rings. The lowest BCUT2D eigenvalue weighted by atomic mass is 9.98. The van der Waals surface area contributed by atoms with E-state index in [1.165, 1.54) is 6.42 Å². The second-order valence-corrected chi connectivity index (χ2v) is 5.51. The Bertz CT molecular complexity index is 527. The fraction of sp³-hybridized carbons (Fsp3) is 0.625. The van der Waals surface area contributed by atoms with E-state index in [1.807, 2.05) is 0 Å². The van der Waals surface area contributed by atoms with Crippen LogP contribution in [0.1, 0.15) is 71.1 Å². The van der Waals surface area contributed by atoms with Gasteiger partial charge in [0.25, 0.3) is 0 Å². The van der Waals surface area contributed by atoms with Crippen LogP contribution >= 0.6 is 0 Å². The lowest BCUT2D eigenvalue weighted by Gasteiger charge is -2.21. The molecule has 0 aromatic carbocycles. The van der Waals surface area contributed by atoms with Gasteiger partial charge in [0.2, 0.25) is 0 Å². The molecule has 0 aliphatic heterocycles. The van der Waals surface area contributed by atoms with Crippen LogP contribution in [0.4, 0.5) is 0 Å². The number of aryl methyl sites for hydroxylation is 1. The largest absolute Gasteiger partial charge is 0.462 e. The summed E-state index contributed by atoms with van der Waals surface area (Å²) >= 11 is 0. The topological polar surface area (TPSA) is 68.4 Å². The van der Waals surface area contributed by atoms with Crippen molar-refractivity contribution in [2.75, 3.05) is 6.61 Å². The van der Waals surface area contributed by atoms with Crippen LogP contribution in [0.5, 0.6) is 0 Å². The van der Waals surface area contributed by atoms with Gasteiger partial charge in [-0.3, -0.25) is 0 Å². The summed E-state index contributed by atoms with van der Waals surface area (Å²) in [6.45, 7) is 5.57. The van der Waals surface area contributed by atoms with Gasteiger partial charge in [-0.1, -0.05) is 6.42 Å². The van der Waals surface area contributed by atoms with Crippen LogP contribution < -0.4 is 0 Å². The minimum absolute atomic E-state index is 0.000277. The highest BCUT2D eigenvalue weighted by molar-refractivity contribution is 5.98. The molecule has 116 valence electrons. The van der Waals surface area contributed by atoms with Crippen LogP contribution in [0.3, 0.4) is 0 Å². The van der Waals surface area contributed by atoms with Crippen molar-refractivity contribution in [2.45, 2.75) is 59.0 Å². The fourth-order valence-electron chi connectivity index (χ4n) is 2.86. The maximum Gasteiger partial charge on any atom is 0.355 e. The summed E-state index contributed by atoms with van der Waals surface area (Å²) in [6, 6.07) is 0. The van der Waals surface area contributed by atoms with E-state index in [-0.39, 0.29) is 12.1 Å². The summed E-state index contributed by atoms with van der Waals surface area (Å²) in [7, 11) is 0. The van der Waals surface area contributed by atoms with Crippen molar-refractivity contribution in [1.29, 1.82) is 0 Å². The highest BCUT2D eigenvalue weighted by atomic mass is 16.5. The molecule has 1 aliphatic rings. The lowest BCUT2D eigenvalue weighted by Crippen LogP contribution is -2.21. The van der Waals surface area contributed by atoms with Gasteiger partial charge < -0.3 is 14.5 Å². The summed E-state index contributed by atoms with van der Waals surface area (Å²) in [5.41, 5.74) is 2.04. The molecule has 21 heavy (non-hydrogen) atoms. The van der Waals surface area contributed by atoms with Crippen LogP contribution in [-0.2, 0) is 9.47 Å². The van der Waals surface area contributed by atoms with Gasteiger partial charge >= 0.3 is 11.9 Å². The normalized spacial score (nSPS) is 15.8. The molecular weight excluding hydrogens is 270 g/mol. The van der Waals surface area contributed by atoms with E-state index in [0.717, 1.165) is 25.7 Å². The first-order valence-electron chi connectivity index (χ1n) is 7.61. The summed E-state index contributed by atoms with van der Waals surface area (Å²) in [5, 5.41) is 0. The number of hydrogen-bond acceptors (Lipinski definition) is 4. The zero-order valence-electron chi connectivity index (χ0n) is 13.0. The second kappa shape index (κ2) is 6.78. The smallest absolute Gasteiger partial charge is 0.355 e. The summed E-state index contributed by atoms with van der Waals surface area (Å²) in [5.74, 6) is -0.779. The van der Waals surface area contributed by atoms with Gasteiger partial charge in [0.1, 0.15) is 11.8 Å². The average Bonchev–Trinajstić information content (AvgIpc) is 2.75. The Morgan fingerprint density at radius 3 is 2.43 bits per heavy atom. The van der Waals surface area contributed by atoms with E-state index in [1.54, 1.807) is 20.8 Å². The van der Waals surface area contributed by atoms with E-state index < -0.39 is 5.97 Å². The molecule has 5 nitrogen and oxygen atoms in total. The van der Waals surface area contributed by atoms with Gasteiger partial charge in [-0.2, -0.15) is 0 Å². The summed E-state index contributed by atoms with van der Waals surface area (Å²) < 4.78 is 10.6. The lowest BCUT2D eigenvalue weighted by molar-refractivity contribution is 0.0204. The third-order valence-corrected chi connectivity index (χ3v) is 3.95. The monoisotopic (exact) mass is 293 g/mol. The molecule has 1 aromatic heterocycles. The Morgan fingerprint density at radius 1 is 1.14 bits per heavy atom. The van der Waals surface area contributed by atoms with Crippen molar-refractivity contribution in [1.82, 2.24) is 4.98 Å². The predicted molar refractivity (Wildman–Crippen MR) is 78.5 cm³/mol. The number of carbonyl (C=O) groups is 2. The van der Waals surface area contributed by atoms with Gasteiger partial charge in [0.15, 0.2) is 0 Å². The molecule has 1 fully saturated rings. The molecule has 0 radical (unpaired) electrons. The van der Waals surface area contributed by atoms with E-state index in [9.17, 15) is 9.59 Å². The van der Waals surface area contributed by atoms with Crippen molar-refractivity contribution in [3.63, 3.8) is 0 Å². The third kappa shape index (κ3) is 3.46. The highest BCUT2D eigenvalue weighted by Gasteiger charge is 2.26. The van der Waals surface area contributed by atoms with Crippen LogP contribution in [0.15, 0.2) is 0 Å². The molecular formula is C16H23NO4. The first-order valence-corrected chi connectivity index (χ1v) is 7.61. The number of esters is 2. The first-order chi connectivity index (χ1) is 10.0. The van der Waals surface area contributed by atoms with E-state index in [4.69, 9.17) is 9.47 Å². The van der Waals surface area contributed by atoms with Gasteiger partial charge in [-0.15, -0.1) is 0 Å². The fourth-order valence-corrected chi connectivity index (χ4v) is 2.86. The van der Waals surface area contributed by atoms with Crippen LogP contribution in [-0.4, -0.2) is 29.6 Å². The number of nitrogens with one attached hydrogen (secondary N) is 1. The van der Waals surface area contributed by atoms with Crippen LogP contribution in [0.2, 0.25) is 0 Å². The minimum Gasteiger partial charge on any atom is -0.462 e. The SMILES string of the molecule is CCOC(=O)c1c(C)[nH]c(C(=O)OC2CCCCC2)c1C. The van der Waals surface area contributed by atoms with E-state index in [0.29, 0.717) is 29.1 Å². The van der Waals surface area contributed by atoms with Crippen molar-refractivity contribution < 1.29 is 19.1 Å². The molecule has 0 amide bonds. The first kappa shape index (κ1) is 15.6. The zero-order valence-corrected chi connectivity index (χ0v) is 13.0. The number of aromatic nitrogens is 1. The number of carbonyl (C=O) groups excluding carboxylic acids is 2. The molecule has 1 heterocycles. The van der Waals surface area contributed by atoms with E-state index in [2.05, 4.69) is 4.98 Å². The zero-order chi connectivity index (χ0) is 15.4. The quantitative estimate of drug-likeness (QED) is 0.865. The number of H-pyrrole nitrogens is 1. The van der Waals surface area contributed by atoms with Gasteiger partial charge in [0.05, 0.1) is 12.2 Å². The summed E-state index contributed by atoms with van der Waals surface area (Å²) in [4.78, 5) is 27.2. The maximum atomic E-state index is 12.3. The number of hydrogen-bond donors (Lipinski definition) is 1. The molecule has 0 saturated heterocycles. The molecule has 2 rings (SSSR count). The Balaban J connectivity index is 2.14. The van der Waals surface area contributed by atoms with Crippen LogP contribution in [0.25, 0.3) is 0 Å². The predicted octanol–water partition coefficient (Wildman–Crippen LogP) is 3.30. The molecule has 0 unspecified atom stereocenters. The van der Waals surface area contributed by atoms with Gasteiger partial charge in [-0.05, 0) is 52.0 Å². The summed E-state index contributed by atoms with van der Waals surface area (Å²) in [6.07, 6.45) is 5.27. The Morgan fingerprint density at radius 2 is 1.81 bits per heavy atom. The minimum atomic E-state index is -0.402. The van der Waals surface area contributed by atoms with Crippen molar-refractivity contribution in [3.8, 4) is 0 Å². The Hall–Kier alpha value is -1.78.